The highest BCUT2D eigenvalue weighted by Gasteiger charge is 2.06. The van der Waals surface area contributed by atoms with E-state index >= 15 is 0 Å². The maximum atomic E-state index is 11.4. The van der Waals surface area contributed by atoms with Crippen LogP contribution in [0.2, 0.25) is 0 Å². The summed E-state index contributed by atoms with van der Waals surface area (Å²) in [4.78, 5) is 12.6. The Morgan fingerprint density at radius 3 is 2.73 bits per heavy atom. The molecule has 1 nitrogen and oxygen atoms in total. The molecule has 0 spiro atoms. The van der Waals surface area contributed by atoms with E-state index in [1.165, 1.54) is 22.2 Å². The van der Waals surface area contributed by atoms with Crippen molar-refractivity contribution in [3.63, 3.8) is 0 Å². The molecule has 0 aliphatic heterocycles. The summed E-state index contributed by atoms with van der Waals surface area (Å²) in [5, 5.41) is 0.0725. The Bertz CT molecular complexity index is 377. The van der Waals surface area contributed by atoms with Gasteiger partial charge in [-0.25, -0.2) is 0 Å². The van der Waals surface area contributed by atoms with Gasteiger partial charge in [-0.15, -0.1) is 0 Å². The van der Waals surface area contributed by atoms with Gasteiger partial charge in [-0.05, 0) is 24.1 Å². The molecule has 0 radical (unpaired) electrons. The van der Waals surface area contributed by atoms with Crippen LogP contribution in [0.1, 0.15) is 12.5 Å². The molecule has 0 fully saturated rings. The van der Waals surface area contributed by atoms with Crippen molar-refractivity contribution >= 4 is 47.0 Å². The van der Waals surface area contributed by atoms with E-state index in [2.05, 4.69) is 39.9 Å². The maximum Gasteiger partial charge on any atom is 0.214 e. The first kappa shape index (κ1) is 13.1. The fourth-order valence-electron chi connectivity index (χ4n) is 0.965. The SMILES string of the molecule is C=C(C)C(=O)SCc1ccccc1SI. The zero-order valence-corrected chi connectivity index (χ0v) is 12.1. The van der Waals surface area contributed by atoms with E-state index in [0.717, 1.165) is 5.75 Å². The molecule has 1 rings (SSSR count). The molecule has 0 aliphatic carbocycles. The highest BCUT2D eigenvalue weighted by molar-refractivity contribution is 14.2. The Labute approximate surface area is 111 Å². The largest absolute Gasteiger partial charge is 0.282 e. The third kappa shape index (κ3) is 4.20. The lowest BCUT2D eigenvalue weighted by Gasteiger charge is -2.04. The molecule has 15 heavy (non-hydrogen) atoms. The highest BCUT2D eigenvalue weighted by Crippen LogP contribution is 2.31. The molecule has 80 valence electrons. The summed E-state index contributed by atoms with van der Waals surface area (Å²) in [5.74, 6) is 0.720. The van der Waals surface area contributed by atoms with Crippen molar-refractivity contribution in [2.45, 2.75) is 17.6 Å². The molecule has 0 amide bonds. The Hall–Kier alpha value is 0.0600. The van der Waals surface area contributed by atoms with E-state index in [-0.39, 0.29) is 5.12 Å². The lowest BCUT2D eigenvalue weighted by molar-refractivity contribution is -0.107. The first-order valence-corrected chi connectivity index (χ1v) is 8.68. The van der Waals surface area contributed by atoms with Gasteiger partial charge in [-0.1, -0.05) is 45.5 Å². The van der Waals surface area contributed by atoms with Crippen LogP contribution in [0.25, 0.3) is 0 Å². The van der Waals surface area contributed by atoms with Gasteiger partial charge in [0.1, 0.15) is 0 Å². The van der Waals surface area contributed by atoms with Crippen molar-refractivity contribution in [1.82, 2.24) is 0 Å². The Morgan fingerprint density at radius 1 is 1.47 bits per heavy atom. The summed E-state index contributed by atoms with van der Waals surface area (Å²) >= 11 is 3.57. The van der Waals surface area contributed by atoms with Gasteiger partial charge in [0.15, 0.2) is 0 Å². The molecule has 0 saturated carbocycles. The Morgan fingerprint density at radius 2 is 2.13 bits per heavy atom. The standard InChI is InChI=1S/C11H11IOS2/c1-8(2)11(13)14-7-9-5-3-4-6-10(9)15-12/h3-6H,1,7H2,2H3. The number of benzene rings is 1. The molecular weight excluding hydrogens is 339 g/mol. The highest BCUT2D eigenvalue weighted by atomic mass is 127. The van der Waals surface area contributed by atoms with Crippen LogP contribution in [-0.2, 0) is 10.5 Å². The van der Waals surface area contributed by atoms with Crippen LogP contribution < -0.4 is 0 Å². The van der Waals surface area contributed by atoms with Gasteiger partial charge in [0.2, 0.25) is 5.12 Å². The first-order chi connectivity index (χ1) is 7.15. The number of hydrogen-bond acceptors (Lipinski definition) is 3. The van der Waals surface area contributed by atoms with Gasteiger partial charge in [-0.3, -0.25) is 4.79 Å². The van der Waals surface area contributed by atoms with Crippen molar-refractivity contribution in [3.05, 3.63) is 42.0 Å². The topological polar surface area (TPSA) is 17.1 Å². The van der Waals surface area contributed by atoms with Crippen LogP contribution in [-0.4, -0.2) is 5.12 Å². The molecule has 1 aromatic carbocycles. The van der Waals surface area contributed by atoms with Crippen molar-refractivity contribution in [3.8, 4) is 0 Å². The molecular formula is C11H11IOS2. The zero-order chi connectivity index (χ0) is 11.3. The van der Waals surface area contributed by atoms with Crippen LogP contribution in [0.4, 0.5) is 0 Å². The Balaban J connectivity index is 2.65. The van der Waals surface area contributed by atoms with E-state index in [1.807, 2.05) is 12.1 Å². The minimum atomic E-state index is 0.0725. The minimum Gasteiger partial charge on any atom is -0.282 e. The molecule has 0 heterocycles. The molecule has 0 aromatic heterocycles. The predicted octanol–water partition coefficient (Wildman–Crippen LogP) is 4.46. The quantitative estimate of drug-likeness (QED) is 0.589. The Kier molecular flexibility index (Phi) is 5.78. The predicted molar refractivity (Wildman–Crippen MR) is 77.4 cm³/mol. The molecule has 0 aliphatic rings. The smallest absolute Gasteiger partial charge is 0.214 e. The summed E-state index contributed by atoms with van der Waals surface area (Å²) < 4.78 is 0. The van der Waals surface area contributed by atoms with Gasteiger partial charge >= 0.3 is 0 Å². The first-order valence-electron chi connectivity index (χ1n) is 4.34. The second kappa shape index (κ2) is 6.60. The second-order valence-electron chi connectivity index (χ2n) is 3.04. The average molecular weight is 350 g/mol. The van der Waals surface area contributed by atoms with E-state index < -0.39 is 0 Å². The summed E-state index contributed by atoms with van der Waals surface area (Å²) in [6, 6.07) is 8.13. The number of carbonyl (C=O) groups excluding carboxylic acids is 1. The van der Waals surface area contributed by atoms with Gasteiger partial charge < -0.3 is 0 Å². The van der Waals surface area contributed by atoms with Crippen LogP contribution in [0.3, 0.4) is 0 Å². The average Bonchev–Trinajstić information content (AvgIpc) is 2.26. The van der Waals surface area contributed by atoms with Gasteiger partial charge in [0.25, 0.3) is 0 Å². The third-order valence-corrected chi connectivity index (χ3v) is 4.82. The molecule has 0 N–H and O–H groups in total. The van der Waals surface area contributed by atoms with Crippen molar-refractivity contribution < 1.29 is 4.79 Å². The monoisotopic (exact) mass is 350 g/mol. The minimum absolute atomic E-state index is 0.0725. The van der Waals surface area contributed by atoms with Crippen molar-refractivity contribution in [2.75, 3.05) is 0 Å². The van der Waals surface area contributed by atoms with Gasteiger partial charge in [-0.2, -0.15) is 0 Å². The molecule has 0 unspecified atom stereocenters. The third-order valence-electron chi connectivity index (χ3n) is 1.76. The van der Waals surface area contributed by atoms with Crippen LogP contribution in [0, 0.1) is 0 Å². The van der Waals surface area contributed by atoms with Crippen molar-refractivity contribution in [1.29, 1.82) is 0 Å². The molecule has 0 bridgehead atoms. The number of carbonyl (C=O) groups is 1. The number of hydrogen-bond donors (Lipinski definition) is 0. The molecule has 0 saturated heterocycles. The fourth-order valence-corrected chi connectivity index (χ4v) is 3.50. The lowest BCUT2D eigenvalue weighted by atomic mass is 10.2. The van der Waals surface area contributed by atoms with Crippen LogP contribution in [0.15, 0.2) is 41.3 Å². The number of rotatable bonds is 4. The maximum absolute atomic E-state index is 11.4. The second-order valence-corrected chi connectivity index (χ2v) is 5.90. The van der Waals surface area contributed by atoms with Gasteiger partial charge in [0.05, 0.1) is 0 Å². The summed E-state index contributed by atoms with van der Waals surface area (Å²) in [5.41, 5.74) is 1.82. The van der Waals surface area contributed by atoms with Crippen LogP contribution in [0.5, 0.6) is 0 Å². The summed E-state index contributed by atoms with van der Waals surface area (Å²) in [6.45, 7) is 5.38. The zero-order valence-electron chi connectivity index (χ0n) is 8.33. The van der Waals surface area contributed by atoms with Crippen molar-refractivity contribution in [2.24, 2.45) is 0 Å². The van der Waals surface area contributed by atoms with E-state index in [1.54, 1.807) is 15.9 Å². The summed E-state index contributed by atoms with van der Waals surface area (Å²) in [6.07, 6.45) is 0. The number of thioether (sulfide) groups is 1. The number of halogens is 1. The van der Waals surface area contributed by atoms with Gasteiger partial charge in [0, 0.05) is 31.9 Å². The fraction of sp³-hybridized carbons (Fsp3) is 0.182. The molecule has 4 heteroatoms. The molecule has 0 atom stereocenters. The summed E-state index contributed by atoms with van der Waals surface area (Å²) in [7, 11) is 1.68. The van der Waals surface area contributed by atoms with E-state index in [9.17, 15) is 4.79 Å². The lowest BCUT2D eigenvalue weighted by Crippen LogP contribution is -1.93. The van der Waals surface area contributed by atoms with E-state index in [4.69, 9.17) is 0 Å². The van der Waals surface area contributed by atoms with Crippen LogP contribution >= 0.6 is 41.9 Å². The van der Waals surface area contributed by atoms with E-state index in [0.29, 0.717) is 5.57 Å². The molecule has 1 aromatic rings. The normalized spacial score (nSPS) is 10.0.